The number of hydrogen-bond donors (Lipinski definition) is 2. The van der Waals surface area contributed by atoms with E-state index in [1.165, 1.54) is 10.7 Å². The SMILES string of the molecule is C=Nc1nc(-c2ccc(Cl)c(C(=O)Nc3cc(C(N)=O)nn3-c3ccccc3)c2)ccc1C. The van der Waals surface area contributed by atoms with Gasteiger partial charge in [0.05, 0.1) is 22.0 Å². The van der Waals surface area contributed by atoms with E-state index in [-0.39, 0.29) is 22.1 Å². The molecule has 0 atom stereocenters. The number of carbonyl (C=O) groups excluding carboxylic acids is 2. The van der Waals surface area contributed by atoms with Crippen LogP contribution in [0.4, 0.5) is 11.6 Å². The van der Waals surface area contributed by atoms with Gasteiger partial charge in [0.15, 0.2) is 11.5 Å². The van der Waals surface area contributed by atoms with Crippen LogP contribution >= 0.6 is 11.6 Å². The number of pyridine rings is 1. The van der Waals surface area contributed by atoms with Crippen molar-refractivity contribution in [3.05, 3.63) is 88.6 Å². The molecule has 2 amide bonds. The van der Waals surface area contributed by atoms with Crippen LogP contribution < -0.4 is 11.1 Å². The maximum Gasteiger partial charge on any atom is 0.269 e. The standard InChI is InChI=1S/C24H19ClN6O2/c1-14-8-11-19(28-23(14)27-2)15-9-10-18(25)17(12-15)24(33)29-21-13-20(22(26)32)30-31(21)16-6-4-3-5-7-16/h3-13H,2H2,1H3,(H2,26,32)(H,29,33). The van der Waals surface area contributed by atoms with Crippen LogP contribution in [0.2, 0.25) is 5.02 Å². The lowest BCUT2D eigenvalue weighted by Gasteiger charge is -2.11. The molecule has 3 N–H and O–H groups in total. The third kappa shape index (κ3) is 4.51. The monoisotopic (exact) mass is 458 g/mol. The minimum atomic E-state index is -0.711. The van der Waals surface area contributed by atoms with Crippen LogP contribution in [0.15, 0.2) is 71.7 Å². The molecule has 0 saturated heterocycles. The average molecular weight is 459 g/mol. The van der Waals surface area contributed by atoms with Crippen LogP contribution in [0, 0.1) is 6.92 Å². The molecule has 4 aromatic rings. The Balaban J connectivity index is 1.71. The van der Waals surface area contributed by atoms with Gasteiger partial charge in [0, 0.05) is 11.6 Å². The molecule has 0 aliphatic rings. The number of primary amides is 1. The molecular formula is C24H19ClN6O2. The number of amides is 2. The van der Waals surface area contributed by atoms with Crippen LogP contribution in [0.25, 0.3) is 16.9 Å². The Kier molecular flexibility index (Phi) is 6.01. The maximum atomic E-state index is 13.2. The minimum Gasteiger partial charge on any atom is -0.364 e. The Hall–Kier alpha value is -4.30. The number of aryl methyl sites for hydroxylation is 1. The van der Waals surface area contributed by atoms with Gasteiger partial charge in [0.2, 0.25) is 0 Å². The lowest BCUT2D eigenvalue weighted by Crippen LogP contribution is -2.15. The molecule has 0 aliphatic carbocycles. The van der Waals surface area contributed by atoms with Gasteiger partial charge in [0.25, 0.3) is 11.8 Å². The van der Waals surface area contributed by atoms with Gasteiger partial charge >= 0.3 is 0 Å². The van der Waals surface area contributed by atoms with Gasteiger partial charge in [-0.1, -0.05) is 41.9 Å². The van der Waals surface area contributed by atoms with Gasteiger partial charge < -0.3 is 11.1 Å². The summed E-state index contributed by atoms with van der Waals surface area (Å²) in [5, 5.41) is 7.24. The summed E-state index contributed by atoms with van der Waals surface area (Å²) in [4.78, 5) is 33.2. The van der Waals surface area contributed by atoms with E-state index < -0.39 is 11.8 Å². The molecule has 4 rings (SSSR count). The van der Waals surface area contributed by atoms with E-state index in [0.717, 1.165) is 5.56 Å². The Bertz CT molecular complexity index is 1380. The van der Waals surface area contributed by atoms with Crippen molar-refractivity contribution in [2.24, 2.45) is 10.7 Å². The normalized spacial score (nSPS) is 10.6. The molecule has 2 heterocycles. The van der Waals surface area contributed by atoms with Crippen LogP contribution in [-0.4, -0.2) is 33.3 Å². The van der Waals surface area contributed by atoms with Gasteiger partial charge in [-0.25, -0.2) is 14.7 Å². The molecule has 33 heavy (non-hydrogen) atoms. The predicted molar refractivity (Wildman–Crippen MR) is 129 cm³/mol. The van der Waals surface area contributed by atoms with Crippen molar-refractivity contribution in [3.8, 4) is 16.9 Å². The van der Waals surface area contributed by atoms with Gasteiger partial charge in [-0.2, -0.15) is 5.10 Å². The summed E-state index contributed by atoms with van der Waals surface area (Å²) >= 11 is 6.33. The highest BCUT2D eigenvalue weighted by Gasteiger charge is 2.18. The Labute approximate surface area is 194 Å². The smallest absolute Gasteiger partial charge is 0.269 e. The fourth-order valence-electron chi connectivity index (χ4n) is 3.24. The van der Waals surface area contributed by atoms with E-state index >= 15 is 0 Å². The highest BCUT2D eigenvalue weighted by molar-refractivity contribution is 6.34. The Morgan fingerprint density at radius 2 is 1.85 bits per heavy atom. The molecule has 8 nitrogen and oxygen atoms in total. The molecule has 2 aromatic carbocycles. The summed E-state index contributed by atoms with van der Waals surface area (Å²) in [5.74, 6) is -0.409. The number of anilines is 1. The van der Waals surface area contributed by atoms with Gasteiger partial charge in [-0.15, -0.1) is 0 Å². The summed E-state index contributed by atoms with van der Waals surface area (Å²) in [6.07, 6.45) is 0. The second kappa shape index (κ2) is 9.05. The van der Waals surface area contributed by atoms with Gasteiger partial charge in [-0.05, 0) is 49.5 Å². The second-order valence-electron chi connectivity index (χ2n) is 7.17. The third-order valence-corrected chi connectivity index (χ3v) is 5.26. The summed E-state index contributed by atoms with van der Waals surface area (Å²) in [5.41, 5.74) is 8.48. The van der Waals surface area contributed by atoms with E-state index in [4.69, 9.17) is 17.3 Å². The van der Waals surface area contributed by atoms with Crippen molar-refractivity contribution in [1.82, 2.24) is 14.8 Å². The number of benzene rings is 2. The van der Waals surface area contributed by atoms with E-state index in [9.17, 15) is 9.59 Å². The second-order valence-corrected chi connectivity index (χ2v) is 7.58. The van der Waals surface area contributed by atoms with Crippen molar-refractivity contribution < 1.29 is 9.59 Å². The first-order valence-corrected chi connectivity index (χ1v) is 10.3. The molecule has 0 aliphatic heterocycles. The summed E-state index contributed by atoms with van der Waals surface area (Å²) in [6.45, 7) is 5.43. The Morgan fingerprint density at radius 1 is 1.09 bits per heavy atom. The number of nitrogens with two attached hydrogens (primary N) is 1. The first-order chi connectivity index (χ1) is 15.9. The number of para-hydroxylation sites is 1. The van der Waals surface area contributed by atoms with Crippen LogP contribution in [0.3, 0.4) is 0 Å². The highest BCUT2D eigenvalue weighted by atomic mass is 35.5. The molecule has 2 aromatic heterocycles. The molecule has 0 spiro atoms. The zero-order valence-electron chi connectivity index (χ0n) is 17.6. The third-order valence-electron chi connectivity index (χ3n) is 4.93. The summed E-state index contributed by atoms with van der Waals surface area (Å²) < 4.78 is 1.43. The van der Waals surface area contributed by atoms with E-state index in [2.05, 4.69) is 27.1 Å². The molecular weight excluding hydrogens is 440 g/mol. The number of halogens is 1. The number of aromatic nitrogens is 3. The summed E-state index contributed by atoms with van der Waals surface area (Å²) in [7, 11) is 0. The van der Waals surface area contributed by atoms with Gasteiger partial charge in [-0.3, -0.25) is 9.59 Å². The first kappa shape index (κ1) is 21.9. The van der Waals surface area contributed by atoms with Crippen molar-refractivity contribution >= 4 is 41.8 Å². The van der Waals surface area contributed by atoms with Crippen molar-refractivity contribution in [1.29, 1.82) is 0 Å². The molecule has 0 radical (unpaired) electrons. The highest BCUT2D eigenvalue weighted by Crippen LogP contribution is 2.28. The van der Waals surface area contributed by atoms with Gasteiger partial charge in [0.1, 0.15) is 5.82 Å². The summed E-state index contributed by atoms with van der Waals surface area (Å²) in [6, 6.07) is 19.2. The minimum absolute atomic E-state index is 0.0160. The molecule has 0 saturated carbocycles. The maximum absolute atomic E-state index is 13.2. The van der Waals surface area contributed by atoms with Crippen molar-refractivity contribution in [2.45, 2.75) is 6.92 Å². The van der Waals surface area contributed by atoms with Crippen molar-refractivity contribution in [2.75, 3.05) is 5.32 Å². The topological polar surface area (TPSA) is 115 Å². The van der Waals surface area contributed by atoms with Crippen molar-refractivity contribution in [3.63, 3.8) is 0 Å². The number of nitrogens with one attached hydrogen (secondary N) is 1. The average Bonchev–Trinajstić information content (AvgIpc) is 3.24. The van der Waals surface area contributed by atoms with E-state index in [0.29, 0.717) is 22.8 Å². The lowest BCUT2D eigenvalue weighted by molar-refractivity contribution is 0.0992. The van der Waals surface area contributed by atoms with E-state index in [1.807, 2.05) is 37.3 Å². The number of hydrogen-bond acceptors (Lipinski definition) is 5. The number of aliphatic imine (C=N–C) groups is 1. The zero-order valence-corrected chi connectivity index (χ0v) is 18.4. The molecule has 0 bridgehead atoms. The van der Waals surface area contributed by atoms with Crippen LogP contribution in [0.5, 0.6) is 0 Å². The predicted octanol–water partition coefficient (Wildman–Crippen LogP) is 4.58. The molecule has 0 unspecified atom stereocenters. The number of carbonyl (C=O) groups is 2. The molecule has 0 fully saturated rings. The fourth-order valence-corrected chi connectivity index (χ4v) is 3.44. The zero-order chi connectivity index (χ0) is 23.5. The van der Waals surface area contributed by atoms with Crippen LogP contribution in [0.1, 0.15) is 26.4 Å². The van der Waals surface area contributed by atoms with Crippen LogP contribution in [-0.2, 0) is 0 Å². The fraction of sp³-hybridized carbons (Fsp3) is 0.0417. The lowest BCUT2D eigenvalue weighted by atomic mass is 10.1. The largest absolute Gasteiger partial charge is 0.364 e. The number of nitrogens with zero attached hydrogens (tertiary/aromatic N) is 4. The molecule has 164 valence electrons. The Morgan fingerprint density at radius 3 is 2.55 bits per heavy atom. The number of rotatable bonds is 6. The first-order valence-electron chi connectivity index (χ1n) is 9.88. The van der Waals surface area contributed by atoms with E-state index in [1.54, 1.807) is 30.3 Å². The molecule has 9 heteroatoms. The quantitative estimate of drug-likeness (QED) is 0.411.